The van der Waals surface area contributed by atoms with Crippen molar-refractivity contribution in [1.29, 1.82) is 0 Å². The Morgan fingerprint density at radius 1 is 1.10 bits per heavy atom. The summed E-state index contributed by atoms with van der Waals surface area (Å²) in [5.41, 5.74) is 3.20. The minimum atomic E-state index is -0.561. The Balaban J connectivity index is 1.98. The molecule has 0 unspecified atom stereocenters. The zero-order valence-electron chi connectivity index (χ0n) is 16.7. The van der Waals surface area contributed by atoms with Crippen LogP contribution < -0.4 is 10.6 Å². The number of hydrogen-bond acceptors (Lipinski definition) is 4. The van der Waals surface area contributed by atoms with E-state index in [1.54, 1.807) is 12.0 Å². The van der Waals surface area contributed by atoms with Crippen LogP contribution in [0.5, 0.6) is 0 Å². The van der Waals surface area contributed by atoms with E-state index in [1.165, 1.54) is 18.2 Å². The summed E-state index contributed by atoms with van der Waals surface area (Å²) < 4.78 is 18.3. The molecule has 0 bridgehead atoms. The van der Waals surface area contributed by atoms with Gasteiger partial charge in [0.05, 0.1) is 24.7 Å². The van der Waals surface area contributed by atoms with E-state index >= 15 is 0 Å². The number of carbonyl (C=O) groups excluding carboxylic acids is 2. The summed E-state index contributed by atoms with van der Waals surface area (Å²) in [7, 11) is 1.55. The van der Waals surface area contributed by atoms with Crippen molar-refractivity contribution in [3.8, 4) is 0 Å². The molecule has 0 aliphatic rings. The van der Waals surface area contributed by atoms with Gasteiger partial charge in [0.25, 0.3) is 0 Å². The highest BCUT2D eigenvalue weighted by atomic mass is 35.5. The van der Waals surface area contributed by atoms with E-state index in [0.29, 0.717) is 18.8 Å². The molecular formula is C21H25ClFN3O3. The molecule has 6 nitrogen and oxygen atoms in total. The summed E-state index contributed by atoms with van der Waals surface area (Å²) in [5, 5.41) is 5.46. The van der Waals surface area contributed by atoms with Crippen molar-refractivity contribution < 1.29 is 18.7 Å². The maximum atomic E-state index is 13.3. The number of amides is 2. The van der Waals surface area contributed by atoms with Crippen molar-refractivity contribution in [1.82, 2.24) is 4.90 Å². The van der Waals surface area contributed by atoms with E-state index in [9.17, 15) is 14.0 Å². The topological polar surface area (TPSA) is 70.7 Å². The average Bonchev–Trinajstić information content (AvgIpc) is 2.66. The first kappa shape index (κ1) is 22.8. The quantitative estimate of drug-likeness (QED) is 0.648. The Hall–Kier alpha value is -2.48. The first-order valence-electron chi connectivity index (χ1n) is 9.12. The molecule has 2 amide bonds. The number of hydrogen-bond donors (Lipinski definition) is 2. The van der Waals surface area contributed by atoms with Gasteiger partial charge in [0.15, 0.2) is 0 Å². The fraction of sp³-hybridized carbons (Fsp3) is 0.333. The van der Waals surface area contributed by atoms with Crippen molar-refractivity contribution >= 4 is 34.8 Å². The largest absolute Gasteiger partial charge is 0.383 e. The monoisotopic (exact) mass is 421 g/mol. The minimum Gasteiger partial charge on any atom is -0.383 e. The number of nitrogens with zero attached hydrogens (tertiary/aromatic N) is 1. The predicted molar refractivity (Wildman–Crippen MR) is 113 cm³/mol. The Kier molecular flexibility index (Phi) is 8.57. The molecule has 0 saturated heterocycles. The Labute approximate surface area is 175 Å². The zero-order valence-corrected chi connectivity index (χ0v) is 17.5. The van der Waals surface area contributed by atoms with E-state index in [4.69, 9.17) is 16.3 Å². The van der Waals surface area contributed by atoms with E-state index < -0.39 is 5.82 Å². The molecule has 0 saturated carbocycles. The van der Waals surface area contributed by atoms with Crippen LogP contribution in [-0.2, 0) is 14.3 Å². The van der Waals surface area contributed by atoms with Gasteiger partial charge in [-0.2, -0.15) is 0 Å². The van der Waals surface area contributed by atoms with Gasteiger partial charge in [0.1, 0.15) is 5.82 Å². The van der Waals surface area contributed by atoms with Crippen molar-refractivity contribution in [3.63, 3.8) is 0 Å². The highest BCUT2D eigenvalue weighted by Crippen LogP contribution is 2.19. The average molecular weight is 422 g/mol. The van der Waals surface area contributed by atoms with Gasteiger partial charge >= 0.3 is 0 Å². The summed E-state index contributed by atoms with van der Waals surface area (Å²) in [6.45, 7) is 4.67. The second-order valence-electron chi connectivity index (χ2n) is 6.68. The molecule has 0 aliphatic carbocycles. The molecule has 0 fully saturated rings. The van der Waals surface area contributed by atoms with Gasteiger partial charge in [-0.05, 0) is 49.2 Å². The van der Waals surface area contributed by atoms with Crippen LogP contribution in [0, 0.1) is 19.7 Å². The number of anilines is 2. The summed E-state index contributed by atoms with van der Waals surface area (Å²) in [6.07, 6.45) is 0. The summed E-state index contributed by atoms with van der Waals surface area (Å²) in [6, 6.07) is 9.63. The number of aryl methyl sites for hydroxylation is 1. The van der Waals surface area contributed by atoms with Crippen molar-refractivity contribution in [2.75, 3.05) is 44.0 Å². The summed E-state index contributed by atoms with van der Waals surface area (Å²) in [4.78, 5) is 26.5. The Bertz CT molecular complexity index is 876. The number of carbonyl (C=O) groups is 2. The first-order valence-corrected chi connectivity index (χ1v) is 9.50. The lowest BCUT2D eigenvalue weighted by Gasteiger charge is -2.21. The SMILES string of the molecule is COCCN(CC(=O)Nc1ccc(F)c(Cl)c1)CC(=O)Nc1cccc(C)c1C. The van der Waals surface area contributed by atoms with E-state index in [2.05, 4.69) is 10.6 Å². The van der Waals surface area contributed by atoms with E-state index in [-0.39, 0.29) is 29.9 Å². The number of benzene rings is 2. The minimum absolute atomic E-state index is 0.0222. The molecule has 2 rings (SSSR count). The van der Waals surface area contributed by atoms with E-state index in [1.807, 2.05) is 32.0 Å². The molecule has 0 aromatic heterocycles. The second-order valence-corrected chi connectivity index (χ2v) is 7.08. The van der Waals surface area contributed by atoms with Gasteiger partial charge in [-0.1, -0.05) is 23.7 Å². The molecule has 0 aliphatic heterocycles. The first-order chi connectivity index (χ1) is 13.8. The highest BCUT2D eigenvalue weighted by molar-refractivity contribution is 6.31. The molecular weight excluding hydrogens is 397 g/mol. The molecule has 0 atom stereocenters. The zero-order chi connectivity index (χ0) is 21.4. The van der Waals surface area contributed by atoms with Gasteiger partial charge in [-0.15, -0.1) is 0 Å². The van der Waals surface area contributed by atoms with Crippen molar-refractivity contribution in [3.05, 3.63) is 58.4 Å². The number of nitrogens with one attached hydrogen (secondary N) is 2. The molecule has 0 heterocycles. The van der Waals surface area contributed by atoms with Gasteiger partial charge < -0.3 is 15.4 Å². The van der Waals surface area contributed by atoms with Crippen LogP contribution in [0.2, 0.25) is 5.02 Å². The maximum absolute atomic E-state index is 13.3. The van der Waals surface area contributed by atoms with Gasteiger partial charge in [-0.25, -0.2) is 4.39 Å². The van der Waals surface area contributed by atoms with Crippen LogP contribution in [0.15, 0.2) is 36.4 Å². The third-order valence-electron chi connectivity index (χ3n) is 4.43. The highest BCUT2D eigenvalue weighted by Gasteiger charge is 2.16. The fourth-order valence-corrected chi connectivity index (χ4v) is 2.87. The molecule has 0 spiro atoms. The number of ether oxygens (including phenoxy) is 1. The lowest BCUT2D eigenvalue weighted by molar-refractivity contribution is -0.120. The van der Waals surface area contributed by atoms with Crippen LogP contribution in [-0.4, -0.2) is 50.1 Å². The van der Waals surface area contributed by atoms with E-state index in [0.717, 1.165) is 16.8 Å². The molecule has 29 heavy (non-hydrogen) atoms. The van der Waals surface area contributed by atoms with Crippen LogP contribution >= 0.6 is 11.6 Å². The van der Waals surface area contributed by atoms with Crippen molar-refractivity contribution in [2.45, 2.75) is 13.8 Å². The molecule has 0 radical (unpaired) electrons. The second kappa shape index (κ2) is 10.9. The lowest BCUT2D eigenvalue weighted by Crippen LogP contribution is -2.40. The summed E-state index contributed by atoms with van der Waals surface area (Å²) in [5.74, 6) is -1.13. The van der Waals surface area contributed by atoms with Gasteiger partial charge in [-0.3, -0.25) is 14.5 Å². The van der Waals surface area contributed by atoms with Crippen LogP contribution in [0.1, 0.15) is 11.1 Å². The predicted octanol–water partition coefficient (Wildman–Crippen LogP) is 3.62. The molecule has 2 aromatic carbocycles. The van der Waals surface area contributed by atoms with Crippen molar-refractivity contribution in [2.24, 2.45) is 0 Å². The van der Waals surface area contributed by atoms with Gasteiger partial charge in [0, 0.05) is 25.0 Å². The third-order valence-corrected chi connectivity index (χ3v) is 4.72. The smallest absolute Gasteiger partial charge is 0.238 e. The Morgan fingerprint density at radius 2 is 1.79 bits per heavy atom. The Morgan fingerprint density at radius 3 is 2.45 bits per heavy atom. The van der Waals surface area contributed by atoms with Crippen LogP contribution in [0.25, 0.3) is 0 Å². The van der Waals surface area contributed by atoms with Crippen LogP contribution in [0.3, 0.4) is 0 Å². The normalized spacial score (nSPS) is 10.8. The fourth-order valence-electron chi connectivity index (χ4n) is 2.69. The maximum Gasteiger partial charge on any atom is 0.238 e. The number of rotatable bonds is 9. The molecule has 2 aromatic rings. The third kappa shape index (κ3) is 7.12. The van der Waals surface area contributed by atoms with Gasteiger partial charge in [0.2, 0.25) is 11.8 Å². The summed E-state index contributed by atoms with van der Waals surface area (Å²) >= 11 is 5.74. The molecule has 156 valence electrons. The molecule has 2 N–H and O–H groups in total. The standard InChI is InChI=1S/C21H25ClFN3O3/c1-14-5-4-6-19(15(14)2)25-21(28)13-26(9-10-29-3)12-20(27)24-16-7-8-18(23)17(22)11-16/h4-8,11H,9-10,12-13H2,1-3H3,(H,24,27)(H,25,28). The van der Waals surface area contributed by atoms with Crippen LogP contribution in [0.4, 0.5) is 15.8 Å². The molecule has 8 heteroatoms. The number of methoxy groups -OCH3 is 1. The number of halogens is 2. The lowest BCUT2D eigenvalue weighted by atomic mass is 10.1.